The van der Waals surface area contributed by atoms with Crippen LogP contribution in [-0.4, -0.2) is 19.9 Å². The molecule has 2 aromatic heterocycles. The smallest absolute Gasteiger partial charge is 0.165 e. The highest BCUT2D eigenvalue weighted by molar-refractivity contribution is 7.99. The topological polar surface area (TPSA) is 51.6 Å². The summed E-state index contributed by atoms with van der Waals surface area (Å²) in [4.78, 5) is 22.7. The Labute approximate surface area is 352 Å². The van der Waals surface area contributed by atoms with Gasteiger partial charge in [-0.15, -0.1) is 0 Å². The van der Waals surface area contributed by atoms with E-state index in [-0.39, 0.29) is 0 Å². The van der Waals surface area contributed by atoms with Gasteiger partial charge in [0.05, 0.1) is 10.9 Å². The molecule has 3 heterocycles. The first-order valence-corrected chi connectivity index (χ1v) is 21.0. The van der Waals surface area contributed by atoms with Gasteiger partial charge in [-0.1, -0.05) is 206 Å². The molecule has 10 aromatic rings. The van der Waals surface area contributed by atoms with Crippen LogP contribution < -0.4 is 0 Å². The maximum atomic E-state index is 5.27. The molecule has 1 aliphatic carbocycles. The van der Waals surface area contributed by atoms with Crippen LogP contribution in [0.4, 0.5) is 0 Å². The summed E-state index contributed by atoms with van der Waals surface area (Å²) >= 11 is 1.83. The number of aromatic nitrogens is 4. The van der Waals surface area contributed by atoms with Crippen molar-refractivity contribution in [2.24, 2.45) is 0 Å². The summed E-state index contributed by atoms with van der Waals surface area (Å²) in [5.41, 5.74) is 15.5. The van der Waals surface area contributed by atoms with Crippen LogP contribution in [0.15, 0.2) is 216 Å². The lowest BCUT2D eigenvalue weighted by molar-refractivity contribution is 0.723. The molecule has 1 spiro atoms. The normalized spacial score (nSPS) is 13.1. The number of pyridine rings is 1. The van der Waals surface area contributed by atoms with Gasteiger partial charge in [0.1, 0.15) is 0 Å². The van der Waals surface area contributed by atoms with E-state index < -0.39 is 5.41 Å². The number of rotatable bonds is 5. The van der Waals surface area contributed by atoms with Gasteiger partial charge >= 0.3 is 0 Å². The van der Waals surface area contributed by atoms with Crippen LogP contribution in [0.5, 0.6) is 0 Å². The van der Waals surface area contributed by atoms with Crippen molar-refractivity contribution >= 4 is 22.7 Å². The lowest BCUT2D eigenvalue weighted by Gasteiger charge is -2.41. The molecule has 12 rings (SSSR count). The van der Waals surface area contributed by atoms with Crippen LogP contribution in [0.3, 0.4) is 0 Å². The van der Waals surface area contributed by atoms with Gasteiger partial charge in [-0.25, -0.2) is 15.0 Å². The van der Waals surface area contributed by atoms with Gasteiger partial charge in [-0.2, -0.15) is 0 Å². The summed E-state index contributed by atoms with van der Waals surface area (Å²) in [6.45, 7) is 0. The van der Waals surface area contributed by atoms with E-state index in [1.165, 1.54) is 43.8 Å². The molecule has 0 amide bonds. The lowest BCUT2D eigenvalue weighted by atomic mass is 9.66. The molecular formula is C55H34N4S. The first-order valence-electron chi connectivity index (χ1n) is 20.2. The molecule has 2 aliphatic rings. The average molecular weight is 783 g/mol. The number of fused-ring (bicyclic) bond motifs is 10. The highest BCUT2D eigenvalue weighted by Crippen LogP contribution is 2.64. The van der Waals surface area contributed by atoms with Crippen molar-refractivity contribution in [2.45, 2.75) is 15.2 Å². The third-order valence-electron chi connectivity index (χ3n) is 12.1. The highest BCUT2D eigenvalue weighted by Gasteiger charge is 2.51. The maximum Gasteiger partial charge on any atom is 0.165 e. The molecule has 0 unspecified atom stereocenters. The molecule has 0 atom stereocenters. The van der Waals surface area contributed by atoms with Crippen LogP contribution in [0.25, 0.3) is 78.4 Å². The molecular weight excluding hydrogens is 749 g/mol. The van der Waals surface area contributed by atoms with Crippen molar-refractivity contribution in [1.29, 1.82) is 0 Å². The third kappa shape index (κ3) is 5.26. The Bertz CT molecular complexity index is 3180. The van der Waals surface area contributed by atoms with Gasteiger partial charge in [0, 0.05) is 43.6 Å². The van der Waals surface area contributed by atoms with Crippen molar-refractivity contribution in [1.82, 2.24) is 19.9 Å². The van der Waals surface area contributed by atoms with Gasteiger partial charge in [0.25, 0.3) is 0 Å². The number of hydrogen-bond acceptors (Lipinski definition) is 5. The minimum Gasteiger partial charge on any atom is -0.256 e. The monoisotopic (exact) mass is 782 g/mol. The predicted molar refractivity (Wildman–Crippen MR) is 244 cm³/mol. The second-order valence-corrected chi connectivity index (χ2v) is 16.3. The van der Waals surface area contributed by atoms with E-state index in [4.69, 9.17) is 19.9 Å². The largest absolute Gasteiger partial charge is 0.256 e. The molecule has 60 heavy (non-hydrogen) atoms. The van der Waals surface area contributed by atoms with Gasteiger partial charge < -0.3 is 0 Å². The summed E-state index contributed by atoms with van der Waals surface area (Å²) in [6, 6.07) is 71.4. The van der Waals surface area contributed by atoms with Crippen LogP contribution in [0.2, 0.25) is 0 Å². The van der Waals surface area contributed by atoms with Crippen molar-refractivity contribution < 1.29 is 0 Å². The van der Waals surface area contributed by atoms with E-state index in [1.807, 2.05) is 60.4 Å². The van der Waals surface area contributed by atoms with E-state index in [0.29, 0.717) is 17.5 Å². The summed E-state index contributed by atoms with van der Waals surface area (Å²) < 4.78 is 0. The lowest BCUT2D eigenvalue weighted by Crippen LogP contribution is -2.32. The minimum absolute atomic E-state index is 0.582. The Kier molecular flexibility index (Phi) is 7.97. The first-order chi connectivity index (χ1) is 29.8. The van der Waals surface area contributed by atoms with E-state index in [2.05, 4.69) is 158 Å². The zero-order valence-corrected chi connectivity index (χ0v) is 33.1. The number of benzene rings is 8. The van der Waals surface area contributed by atoms with E-state index in [9.17, 15) is 0 Å². The molecule has 0 saturated carbocycles. The minimum atomic E-state index is -0.582. The molecule has 280 valence electrons. The SMILES string of the molecule is c1ccc(-c2nc(-c3ccccc3)nc(-c3cccc4c3Sc3c(-c5ccc(-c6cccc7cccnc67)cc5)cccc3C43c4ccccc4-c4ccccc43)n2)cc1. The molecule has 0 radical (unpaired) electrons. The molecule has 1 aliphatic heterocycles. The third-order valence-corrected chi connectivity index (χ3v) is 13.4. The van der Waals surface area contributed by atoms with E-state index >= 15 is 0 Å². The molecule has 4 nitrogen and oxygen atoms in total. The second-order valence-electron chi connectivity index (χ2n) is 15.3. The standard InChI is InChI=1S/C55H34N4S/c1-3-15-38(16-4-1)52-57-53(39-17-5-2-6-18-39)59-54(58-52)44-25-13-29-48-51(44)60-50-41(36-32-30-35(31-33-36)40-23-11-19-37-20-14-34-56-49(37)40)24-12-28-47(50)55(48)45-26-9-7-21-42(45)43-22-8-10-27-46(43)55/h1-34H. The molecule has 0 bridgehead atoms. The fourth-order valence-corrected chi connectivity index (χ4v) is 10.9. The quantitative estimate of drug-likeness (QED) is 0.174. The van der Waals surface area contributed by atoms with Crippen LogP contribution >= 0.6 is 11.8 Å². The molecule has 0 fully saturated rings. The highest BCUT2D eigenvalue weighted by atomic mass is 32.2. The predicted octanol–water partition coefficient (Wildman–Crippen LogP) is 13.6. The van der Waals surface area contributed by atoms with Gasteiger partial charge in [-0.05, 0) is 56.1 Å². The molecule has 0 saturated heterocycles. The zero-order chi connectivity index (χ0) is 39.6. The molecule has 8 aromatic carbocycles. The summed E-state index contributed by atoms with van der Waals surface area (Å²) in [5, 5.41) is 1.13. The van der Waals surface area contributed by atoms with Crippen molar-refractivity contribution in [3.8, 4) is 67.5 Å². The van der Waals surface area contributed by atoms with E-state index in [1.54, 1.807) is 0 Å². The Morgan fingerprint density at radius 2 is 0.767 bits per heavy atom. The number of hydrogen-bond donors (Lipinski definition) is 0. The van der Waals surface area contributed by atoms with Gasteiger partial charge in [0.15, 0.2) is 17.5 Å². The van der Waals surface area contributed by atoms with Crippen LogP contribution in [-0.2, 0) is 5.41 Å². The van der Waals surface area contributed by atoms with Crippen LogP contribution in [0.1, 0.15) is 22.3 Å². The summed E-state index contributed by atoms with van der Waals surface area (Å²) in [7, 11) is 0. The second kappa shape index (κ2) is 13.8. The molecule has 0 N–H and O–H groups in total. The fraction of sp³-hybridized carbons (Fsp3) is 0.0182. The Morgan fingerprint density at radius 3 is 1.40 bits per heavy atom. The Morgan fingerprint density at radius 1 is 0.317 bits per heavy atom. The maximum absolute atomic E-state index is 5.27. The number of nitrogens with zero attached hydrogens (tertiary/aromatic N) is 4. The summed E-state index contributed by atoms with van der Waals surface area (Å²) in [5.74, 6) is 1.94. The zero-order valence-electron chi connectivity index (χ0n) is 32.3. The van der Waals surface area contributed by atoms with Crippen molar-refractivity contribution in [3.05, 3.63) is 229 Å². The average Bonchev–Trinajstić information content (AvgIpc) is 3.62. The number of para-hydroxylation sites is 1. The van der Waals surface area contributed by atoms with Crippen LogP contribution in [0, 0.1) is 0 Å². The van der Waals surface area contributed by atoms with Gasteiger partial charge in [-0.3, -0.25) is 4.98 Å². The molecule has 5 heteroatoms. The van der Waals surface area contributed by atoms with E-state index in [0.717, 1.165) is 49.2 Å². The van der Waals surface area contributed by atoms with Gasteiger partial charge in [0.2, 0.25) is 0 Å². The Balaban J connectivity index is 1.11. The summed E-state index contributed by atoms with van der Waals surface area (Å²) in [6.07, 6.45) is 1.87. The van der Waals surface area contributed by atoms with Crippen molar-refractivity contribution in [3.63, 3.8) is 0 Å². The fourth-order valence-electron chi connectivity index (χ4n) is 9.45. The Hall–Kier alpha value is -7.47. The van der Waals surface area contributed by atoms with Crippen molar-refractivity contribution in [2.75, 3.05) is 0 Å². The first kappa shape index (κ1) is 34.6.